The Balaban J connectivity index is 1.67. The Morgan fingerprint density at radius 2 is 1.76 bits per heavy atom. The van der Waals surface area contributed by atoms with E-state index in [1.165, 1.54) is 45.4 Å². The quantitative estimate of drug-likeness (QED) is 0.690. The zero-order valence-corrected chi connectivity index (χ0v) is 12.0. The highest BCUT2D eigenvalue weighted by molar-refractivity contribution is 5.05. The summed E-state index contributed by atoms with van der Waals surface area (Å²) < 4.78 is 0. The van der Waals surface area contributed by atoms with Gasteiger partial charge in [-0.05, 0) is 44.9 Å². The van der Waals surface area contributed by atoms with Crippen molar-refractivity contribution in [2.75, 3.05) is 26.2 Å². The summed E-state index contributed by atoms with van der Waals surface area (Å²) in [4.78, 5) is 5.50. The molecule has 2 saturated heterocycles. The molecule has 0 aromatic heterocycles. The van der Waals surface area contributed by atoms with Gasteiger partial charge in [0, 0.05) is 37.8 Å². The lowest BCUT2D eigenvalue weighted by Crippen LogP contribution is -2.45. The number of hydrogen-bond donors (Lipinski definition) is 0. The van der Waals surface area contributed by atoms with Gasteiger partial charge >= 0.3 is 0 Å². The maximum absolute atomic E-state index is 2.80. The summed E-state index contributed by atoms with van der Waals surface area (Å²) in [5.41, 5.74) is 0.928. The Labute approximate surface area is 106 Å². The van der Waals surface area contributed by atoms with E-state index in [0.29, 0.717) is 11.0 Å². The second-order valence-corrected chi connectivity index (χ2v) is 7.92. The SMILES string of the molecule is CC(C)(C)N1C[C@H]2CN(C3CCC3)C[C@@]2(C)C1. The van der Waals surface area contributed by atoms with Gasteiger partial charge in [-0.1, -0.05) is 13.3 Å². The molecule has 2 heteroatoms. The Kier molecular flexibility index (Phi) is 2.61. The summed E-state index contributed by atoms with van der Waals surface area (Å²) in [7, 11) is 0. The van der Waals surface area contributed by atoms with Crippen LogP contribution < -0.4 is 0 Å². The highest BCUT2D eigenvalue weighted by atomic mass is 15.3. The van der Waals surface area contributed by atoms with Crippen LogP contribution in [-0.4, -0.2) is 47.6 Å². The van der Waals surface area contributed by atoms with Crippen LogP contribution in [0.4, 0.5) is 0 Å². The Bertz CT molecular complexity index is 303. The second kappa shape index (κ2) is 3.71. The van der Waals surface area contributed by atoms with E-state index in [1.54, 1.807) is 0 Å². The zero-order valence-electron chi connectivity index (χ0n) is 12.0. The third-order valence-corrected chi connectivity index (χ3v) is 5.54. The van der Waals surface area contributed by atoms with Gasteiger partial charge in [0.1, 0.15) is 0 Å². The van der Waals surface area contributed by atoms with Gasteiger partial charge in [-0.25, -0.2) is 0 Å². The molecule has 0 N–H and O–H groups in total. The van der Waals surface area contributed by atoms with Crippen LogP contribution in [0.1, 0.15) is 47.0 Å². The van der Waals surface area contributed by atoms with Crippen molar-refractivity contribution in [1.29, 1.82) is 0 Å². The molecule has 3 rings (SSSR count). The average molecular weight is 236 g/mol. The van der Waals surface area contributed by atoms with E-state index in [1.807, 2.05) is 0 Å². The molecule has 17 heavy (non-hydrogen) atoms. The lowest BCUT2D eigenvalue weighted by Gasteiger charge is -2.38. The molecule has 1 saturated carbocycles. The van der Waals surface area contributed by atoms with Crippen LogP contribution in [0.2, 0.25) is 0 Å². The molecule has 3 fully saturated rings. The maximum atomic E-state index is 2.80. The third-order valence-electron chi connectivity index (χ3n) is 5.54. The van der Waals surface area contributed by atoms with Gasteiger partial charge in [-0.3, -0.25) is 9.80 Å². The van der Waals surface area contributed by atoms with Crippen molar-refractivity contribution in [3.63, 3.8) is 0 Å². The summed E-state index contributed by atoms with van der Waals surface area (Å²) in [6.07, 6.45) is 4.40. The zero-order chi connectivity index (χ0) is 12.3. The van der Waals surface area contributed by atoms with Crippen molar-refractivity contribution in [3.8, 4) is 0 Å². The highest BCUT2D eigenvalue weighted by Crippen LogP contribution is 2.46. The first-order valence-corrected chi connectivity index (χ1v) is 7.38. The largest absolute Gasteiger partial charge is 0.299 e. The molecule has 0 radical (unpaired) electrons. The molecule has 0 spiro atoms. The molecule has 2 aliphatic heterocycles. The highest BCUT2D eigenvalue weighted by Gasteiger charge is 2.52. The van der Waals surface area contributed by atoms with Crippen LogP contribution in [0.15, 0.2) is 0 Å². The van der Waals surface area contributed by atoms with E-state index in [-0.39, 0.29) is 0 Å². The second-order valence-electron chi connectivity index (χ2n) is 7.92. The third kappa shape index (κ3) is 1.94. The maximum Gasteiger partial charge on any atom is 0.0125 e. The van der Waals surface area contributed by atoms with Crippen molar-refractivity contribution < 1.29 is 0 Å². The van der Waals surface area contributed by atoms with Crippen molar-refractivity contribution in [1.82, 2.24) is 9.80 Å². The minimum Gasteiger partial charge on any atom is -0.299 e. The predicted octanol–water partition coefficient (Wildman–Crippen LogP) is 2.59. The van der Waals surface area contributed by atoms with Crippen molar-refractivity contribution in [2.45, 2.75) is 58.5 Å². The molecule has 0 aromatic carbocycles. The van der Waals surface area contributed by atoms with Gasteiger partial charge in [0.15, 0.2) is 0 Å². The van der Waals surface area contributed by atoms with Gasteiger partial charge in [0.05, 0.1) is 0 Å². The first-order valence-electron chi connectivity index (χ1n) is 7.38. The number of hydrogen-bond acceptors (Lipinski definition) is 2. The molecule has 0 unspecified atom stereocenters. The number of rotatable bonds is 1. The molecular formula is C15H28N2. The van der Waals surface area contributed by atoms with Crippen LogP contribution in [0.3, 0.4) is 0 Å². The fourth-order valence-electron chi connectivity index (χ4n) is 3.93. The summed E-state index contributed by atoms with van der Waals surface area (Å²) in [5, 5.41) is 0. The predicted molar refractivity (Wildman–Crippen MR) is 72.1 cm³/mol. The number of nitrogens with zero attached hydrogens (tertiary/aromatic N) is 2. The van der Waals surface area contributed by atoms with E-state index in [9.17, 15) is 0 Å². The molecule has 2 nitrogen and oxygen atoms in total. The first kappa shape index (κ1) is 12.0. The van der Waals surface area contributed by atoms with Crippen LogP contribution in [0.25, 0.3) is 0 Å². The van der Waals surface area contributed by atoms with E-state index in [0.717, 1.165) is 12.0 Å². The molecule has 2 atom stereocenters. The minimum absolute atomic E-state index is 0.356. The van der Waals surface area contributed by atoms with Crippen LogP contribution in [-0.2, 0) is 0 Å². The van der Waals surface area contributed by atoms with Gasteiger partial charge in [0.2, 0.25) is 0 Å². The normalized spacial score (nSPS) is 40.6. The van der Waals surface area contributed by atoms with Crippen molar-refractivity contribution in [3.05, 3.63) is 0 Å². The average Bonchev–Trinajstić information content (AvgIpc) is 2.51. The summed E-state index contributed by atoms with van der Waals surface area (Å²) in [5.74, 6) is 0.919. The molecule has 3 aliphatic rings. The van der Waals surface area contributed by atoms with E-state index in [2.05, 4.69) is 37.5 Å². The lowest BCUT2D eigenvalue weighted by atomic mass is 9.83. The minimum atomic E-state index is 0.356. The molecule has 0 bridgehead atoms. The Hall–Kier alpha value is -0.0800. The van der Waals surface area contributed by atoms with Crippen LogP contribution in [0, 0.1) is 11.3 Å². The fraction of sp³-hybridized carbons (Fsp3) is 1.00. The first-order chi connectivity index (χ1) is 7.88. The molecule has 98 valence electrons. The van der Waals surface area contributed by atoms with E-state index < -0.39 is 0 Å². The van der Waals surface area contributed by atoms with E-state index in [4.69, 9.17) is 0 Å². The summed E-state index contributed by atoms with van der Waals surface area (Å²) >= 11 is 0. The molecule has 0 aromatic rings. The van der Waals surface area contributed by atoms with E-state index >= 15 is 0 Å². The monoisotopic (exact) mass is 236 g/mol. The standard InChI is InChI=1S/C15H28N2/c1-14(2,3)17-9-12-8-16(13-6-5-7-13)10-15(12,4)11-17/h12-13H,5-11H2,1-4H3/t12-,15+/m1/s1. The van der Waals surface area contributed by atoms with Crippen molar-refractivity contribution >= 4 is 0 Å². The number of fused-ring (bicyclic) bond motifs is 1. The molecule has 2 heterocycles. The summed E-state index contributed by atoms with van der Waals surface area (Å²) in [6, 6.07) is 0.945. The fourth-order valence-corrected chi connectivity index (χ4v) is 3.93. The number of likely N-dealkylation sites (tertiary alicyclic amines) is 2. The van der Waals surface area contributed by atoms with Gasteiger partial charge in [-0.15, -0.1) is 0 Å². The lowest BCUT2D eigenvalue weighted by molar-refractivity contribution is 0.102. The smallest absolute Gasteiger partial charge is 0.0125 e. The molecule has 1 aliphatic carbocycles. The molecular weight excluding hydrogens is 208 g/mol. The topological polar surface area (TPSA) is 6.48 Å². The van der Waals surface area contributed by atoms with Crippen molar-refractivity contribution in [2.24, 2.45) is 11.3 Å². The van der Waals surface area contributed by atoms with Gasteiger partial charge < -0.3 is 0 Å². The van der Waals surface area contributed by atoms with Gasteiger partial charge in [0.25, 0.3) is 0 Å². The van der Waals surface area contributed by atoms with Gasteiger partial charge in [-0.2, -0.15) is 0 Å². The van der Waals surface area contributed by atoms with Crippen LogP contribution >= 0.6 is 0 Å². The Morgan fingerprint density at radius 3 is 2.24 bits per heavy atom. The van der Waals surface area contributed by atoms with Crippen LogP contribution in [0.5, 0.6) is 0 Å². The summed E-state index contributed by atoms with van der Waals surface area (Å²) in [6.45, 7) is 15.0. The Morgan fingerprint density at radius 1 is 1.06 bits per heavy atom. The molecule has 0 amide bonds.